The maximum Gasteiger partial charge on any atom is 0.132 e. The van der Waals surface area contributed by atoms with Crippen LogP contribution in [0.5, 0.6) is 0 Å². The molecule has 0 bridgehead atoms. The molecular formula is C6H30O11. The van der Waals surface area contributed by atoms with E-state index in [1.165, 1.54) is 6.42 Å². The lowest BCUT2D eigenvalue weighted by molar-refractivity contribution is -0.120. The van der Waals surface area contributed by atoms with Crippen molar-refractivity contribution >= 4 is 5.78 Å². The highest BCUT2D eigenvalue weighted by Crippen LogP contribution is 2.12. The smallest absolute Gasteiger partial charge is 0.132 e. The van der Waals surface area contributed by atoms with Crippen molar-refractivity contribution in [1.82, 2.24) is 0 Å². The van der Waals surface area contributed by atoms with Crippen LogP contribution in [0, 0.1) is 0 Å². The molecule has 0 heterocycles. The average molecular weight is 278 g/mol. The largest absolute Gasteiger partial charge is 0.412 e. The van der Waals surface area contributed by atoms with Crippen molar-refractivity contribution in [3.8, 4) is 0 Å². The highest BCUT2D eigenvalue weighted by atomic mass is 16.1. The molecule has 17 heavy (non-hydrogen) atoms. The van der Waals surface area contributed by atoms with Crippen molar-refractivity contribution in [2.45, 2.75) is 32.1 Å². The highest BCUT2D eigenvalue weighted by Gasteiger charge is 2.05. The summed E-state index contributed by atoms with van der Waals surface area (Å²) in [6.07, 6.45) is 5.24. The summed E-state index contributed by atoms with van der Waals surface area (Å²) in [5.74, 6) is 0.464. The van der Waals surface area contributed by atoms with Crippen LogP contribution in [0.15, 0.2) is 0 Å². The minimum atomic E-state index is 0. The number of hydrogen-bond acceptors (Lipinski definition) is 1. The zero-order valence-electron chi connectivity index (χ0n) is 9.44. The lowest BCUT2D eigenvalue weighted by atomic mass is 10.00. The van der Waals surface area contributed by atoms with E-state index in [0.717, 1.165) is 25.7 Å². The van der Waals surface area contributed by atoms with E-state index in [2.05, 4.69) is 0 Å². The van der Waals surface area contributed by atoms with E-state index >= 15 is 0 Å². The molecule has 0 aromatic heterocycles. The Balaban J connectivity index is -0.00000000612. The van der Waals surface area contributed by atoms with E-state index in [1.54, 1.807) is 0 Å². The molecule has 1 saturated carbocycles. The van der Waals surface area contributed by atoms with E-state index in [1.807, 2.05) is 0 Å². The topological polar surface area (TPSA) is 332 Å². The number of rotatable bonds is 0. The second-order valence-corrected chi connectivity index (χ2v) is 2.10. The fourth-order valence-corrected chi connectivity index (χ4v) is 0.946. The molecule has 11 nitrogen and oxygen atoms in total. The van der Waals surface area contributed by atoms with Crippen molar-refractivity contribution in [1.29, 1.82) is 0 Å². The van der Waals surface area contributed by atoms with Crippen LogP contribution >= 0.6 is 0 Å². The summed E-state index contributed by atoms with van der Waals surface area (Å²) in [7, 11) is 0. The Morgan fingerprint density at radius 1 is 0.471 bits per heavy atom. The monoisotopic (exact) mass is 278 g/mol. The molecule has 0 atom stereocenters. The molecule has 120 valence electrons. The zero-order valence-corrected chi connectivity index (χ0v) is 9.44. The molecule has 0 aliphatic heterocycles. The van der Waals surface area contributed by atoms with Crippen molar-refractivity contribution < 1.29 is 59.6 Å². The van der Waals surface area contributed by atoms with Gasteiger partial charge in [-0.3, -0.25) is 4.79 Å². The first-order valence-electron chi connectivity index (χ1n) is 2.91. The Kier molecular flexibility index (Phi) is 334. The van der Waals surface area contributed by atoms with Crippen LogP contribution in [-0.4, -0.2) is 60.5 Å². The summed E-state index contributed by atoms with van der Waals surface area (Å²) in [5.41, 5.74) is 0. The van der Waals surface area contributed by atoms with Crippen LogP contribution in [0.3, 0.4) is 0 Å². The summed E-state index contributed by atoms with van der Waals surface area (Å²) in [5, 5.41) is 0. The van der Waals surface area contributed by atoms with Crippen LogP contribution in [0.4, 0.5) is 0 Å². The van der Waals surface area contributed by atoms with Crippen LogP contribution < -0.4 is 0 Å². The van der Waals surface area contributed by atoms with E-state index in [0.29, 0.717) is 5.78 Å². The van der Waals surface area contributed by atoms with Gasteiger partial charge in [-0.15, -0.1) is 0 Å². The van der Waals surface area contributed by atoms with Gasteiger partial charge in [0.05, 0.1) is 0 Å². The van der Waals surface area contributed by atoms with Crippen molar-refractivity contribution in [2.24, 2.45) is 0 Å². The molecule has 0 aromatic rings. The van der Waals surface area contributed by atoms with Crippen LogP contribution in [0.2, 0.25) is 0 Å². The van der Waals surface area contributed by atoms with Gasteiger partial charge in [0.1, 0.15) is 5.78 Å². The number of carbonyl (C=O) groups excluding carboxylic acids is 1. The first-order chi connectivity index (χ1) is 3.39. The first-order valence-corrected chi connectivity index (χ1v) is 2.91. The average Bonchev–Trinajstić information content (AvgIpc) is 1.69. The fourth-order valence-electron chi connectivity index (χ4n) is 0.946. The van der Waals surface area contributed by atoms with Gasteiger partial charge >= 0.3 is 0 Å². The Labute approximate surface area is 98.5 Å². The van der Waals surface area contributed by atoms with Crippen molar-refractivity contribution in [3.63, 3.8) is 0 Å². The molecule has 20 N–H and O–H groups in total. The fraction of sp³-hybridized carbons (Fsp3) is 0.833. The SMILES string of the molecule is O.O.O.O.O.O.O.O.O.O.O=C1CCCCC1. The third kappa shape index (κ3) is 50.9. The summed E-state index contributed by atoms with van der Waals surface area (Å²) in [6, 6.07) is 0. The molecule has 0 unspecified atom stereocenters. The summed E-state index contributed by atoms with van der Waals surface area (Å²) in [4.78, 5) is 10.5. The van der Waals surface area contributed by atoms with Gasteiger partial charge in [0.25, 0.3) is 0 Å². The number of Topliss-reactive ketones (excluding diaryl/α,β-unsaturated/α-hetero) is 1. The van der Waals surface area contributed by atoms with Gasteiger partial charge in [0.2, 0.25) is 0 Å². The van der Waals surface area contributed by atoms with E-state index in [9.17, 15) is 4.79 Å². The Bertz CT molecular complexity index is 80.0. The molecule has 0 amide bonds. The standard InChI is InChI=1S/C6H10O.10H2O/c7-6-4-2-1-3-5-6;;;;;;;;;;/h1-5H2;10*1H2. The molecule has 1 aliphatic carbocycles. The van der Waals surface area contributed by atoms with Gasteiger partial charge in [-0.05, 0) is 12.8 Å². The Hall–Kier alpha value is -0.730. The lowest BCUT2D eigenvalue weighted by Gasteiger charge is -2.05. The molecule has 0 radical (unpaired) electrons. The summed E-state index contributed by atoms with van der Waals surface area (Å²) in [6.45, 7) is 0. The number of hydrogen-bond donors (Lipinski definition) is 0. The maximum atomic E-state index is 10.5. The minimum Gasteiger partial charge on any atom is -0.412 e. The molecular weight excluding hydrogens is 248 g/mol. The summed E-state index contributed by atoms with van der Waals surface area (Å²) >= 11 is 0. The number of carbonyl (C=O) groups is 1. The van der Waals surface area contributed by atoms with Crippen molar-refractivity contribution in [3.05, 3.63) is 0 Å². The molecule has 0 spiro atoms. The molecule has 1 aliphatic rings. The van der Waals surface area contributed by atoms with Crippen LogP contribution in [0.1, 0.15) is 32.1 Å². The second-order valence-electron chi connectivity index (χ2n) is 2.10. The van der Waals surface area contributed by atoms with Gasteiger partial charge in [-0.1, -0.05) is 6.42 Å². The molecule has 1 rings (SSSR count). The quantitative estimate of drug-likeness (QED) is 0.409. The molecule has 11 heteroatoms. The number of ketones is 1. The Morgan fingerprint density at radius 2 is 0.706 bits per heavy atom. The van der Waals surface area contributed by atoms with Gasteiger partial charge < -0.3 is 54.8 Å². The second kappa shape index (κ2) is 58.8. The zero-order chi connectivity index (χ0) is 5.11. The first kappa shape index (κ1) is 96.5. The normalized spacial score (nSPS) is 9.29. The van der Waals surface area contributed by atoms with Gasteiger partial charge in [-0.25, -0.2) is 0 Å². The highest BCUT2D eigenvalue weighted by molar-refractivity contribution is 5.78. The van der Waals surface area contributed by atoms with Gasteiger partial charge in [0.15, 0.2) is 0 Å². The van der Waals surface area contributed by atoms with Crippen molar-refractivity contribution in [2.75, 3.05) is 0 Å². The summed E-state index contributed by atoms with van der Waals surface area (Å²) < 4.78 is 0. The van der Waals surface area contributed by atoms with Gasteiger partial charge in [0, 0.05) is 12.8 Å². The van der Waals surface area contributed by atoms with E-state index in [4.69, 9.17) is 0 Å². The Morgan fingerprint density at radius 3 is 0.824 bits per heavy atom. The van der Waals surface area contributed by atoms with Crippen LogP contribution in [0.25, 0.3) is 0 Å². The minimum absolute atomic E-state index is 0. The van der Waals surface area contributed by atoms with E-state index in [-0.39, 0.29) is 54.8 Å². The molecule has 0 saturated heterocycles. The maximum absolute atomic E-state index is 10.5. The predicted octanol–water partition coefficient (Wildman–Crippen LogP) is -6.73. The van der Waals surface area contributed by atoms with Crippen LogP contribution in [-0.2, 0) is 4.79 Å². The predicted molar refractivity (Wildman–Crippen MR) is 64.2 cm³/mol. The van der Waals surface area contributed by atoms with Gasteiger partial charge in [-0.2, -0.15) is 0 Å². The molecule has 0 aromatic carbocycles. The third-order valence-electron chi connectivity index (χ3n) is 1.41. The third-order valence-corrected chi connectivity index (χ3v) is 1.41. The molecule has 1 fully saturated rings. The van der Waals surface area contributed by atoms with E-state index < -0.39 is 0 Å². The lowest BCUT2D eigenvalue weighted by Crippen LogP contribution is -2.02.